The smallest absolute Gasteiger partial charge is 0.243 e. The van der Waals surface area contributed by atoms with Crippen molar-refractivity contribution >= 4 is 25.7 Å². The molecule has 1 atom stereocenters. The van der Waals surface area contributed by atoms with E-state index >= 15 is 0 Å². The number of rotatable bonds is 5. The molecule has 0 spiro atoms. The Labute approximate surface area is 131 Å². The molecule has 9 heteroatoms. The first kappa shape index (κ1) is 17.2. The summed E-state index contributed by atoms with van der Waals surface area (Å²) in [5, 5.41) is 0. The van der Waals surface area contributed by atoms with Crippen LogP contribution in [0.5, 0.6) is 0 Å². The van der Waals surface area contributed by atoms with Gasteiger partial charge in [0.1, 0.15) is 0 Å². The molecule has 1 unspecified atom stereocenters. The normalized spacial score (nSPS) is 20.7. The Hall–Kier alpha value is -1.16. The molecule has 22 heavy (non-hydrogen) atoms. The van der Waals surface area contributed by atoms with E-state index in [0.717, 1.165) is 0 Å². The first-order valence-corrected chi connectivity index (χ1v) is 10.1. The molecule has 0 saturated carbocycles. The monoisotopic (exact) mass is 348 g/mol. The molecule has 0 amide bonds. The molecule has 1 aromatic carbocycles. The van der Waals surface area contributed by atoms with Crippen molar-refractivity contribution in [2.45, 2.75) is 24.8 Å². The fourth-order valence-electron chi connectivity index (χ4n) is 2.15. The Morgan fingerprint density at radius 3 is 2.41 bits per heavy atom. The van der Waals surface area contributed by atoms with Gasteiger partial charge in [-0.25, -0.2) is 16.8 Å². The highest BCUT2D eigenvalue weighted by molar-refractivity contribution is 7.92. The van der Waals surface area contributed by atoms with Gasteiger partial charge in [0, 0.05) is 18.3 Å². The van der Waals surface area contributed by atoms with E-state index in [9.17, 15) is 16.8 Å². The quantitative estimate of drug-likeness (QED) is 0.852. The van der Waals surface area contributed by atoms with Crippen molar-refractivity contribution in [2.75, 3.05) is 30.2 Å². The fraction of sp³-hybridized carbons (Fsp3) is 0.538. The summed E-state index contributed by atoms with van der Waals surface area (Å²) in [6, 6.07) is 5.49. The first-order valence-electron chi connectivity index (χ1n) is 6.96. The number of hydrogen-bond acceptors (Lipinski definition) is 5. The van der Waals surface area contributed by atoms with Crippen molar-refractivity contribution in [2.24, 2.45) is 0 Å². The highest BCUT2D eigenvalue weighted by Crippen LogP contribution is 2.22. The summed E-state index contributed by atoms with van der Waals surface area (Å²) < 4.78 is 57.2. The number of anilines is 1. The van der Waals surface area contributed by atoms with Crippen LogP contribution in [0.15, 0.2) is 29.2 Å². The summed E-state index contributed by atoms with van der Waals surface area (Å²) in [6.07, 6.45) is 0. The lowest BCUT2D eigenvalue weighted by Crippen LogP contribution is -2.46. The molecule has 1 aromatic rings. The van der Waals surface area contributed by atoms with Crippen molar-refractivity contribution in [3.63, 3.8) is 0 Å². The van der Waals surface area contributed by atoms with Gasteiger partial charge in [-0.3, -0.25) is 4.72 Å². The molecule has 2 rings (SSSR count). The summed E-state index contributed by atoms with van der Waals surface area (Å²) in [7, 11) is -6.98. The second-order valence-corrected chi connectivity index (χ2v) is 8.97. The minimum Gasteiger partial charge on any atom is -0.378 e. The molecule has 1 fully saturated rings. The molecule has 1 aliphatic heterocycles. The summed E-state index contributed by atoms with van der Waals surface area (Å²) in [6.45, 7) is 4.38. The Balaban J connectivity index is 2.22. The lowest BCUT2D eigenvalue weighted by Gasteiger charge is -2.32. The van der Waals surface area contributed by atoms with E-state index in [4.69, 9.17) is 4.74 Å². The van der Waals surface area contributed by atoms with Crippen LogP contribution in [0.1, 0.15) is 13.8 Å². The fourth-order valence-corrected chi connectivity index (χ4v) is 4.39. The molecular weight excluding hydrogens is 328 g/mol. The van der Waals surface area contributed by atoms with Gasteiger partial charge in [0.05, 0.1) is 23.9 Å². The van der Waals surface area contributed by atoms with Crippen molar-refractivity contribution in [1.29, 1.82) is 0 Å². The molecule has 0 aromatic heterocycles. The first-order chi connectivity index (χ1) is 10.3. The zero-order valence-corrected chi connectivity index (χ0v) is 14.2. The van der Waals surface area contributed by atoms with Gasteiger partial charge in [-0.05, 0) is 38.1 Å². The van der Waals surface area contributed by atoms with Crippen LogP contribution in [0.3, 0.4) is 0 Å². The SMILES string of the molecule is CCS(=O)(=O)Nc1ccc(S(=O)(=O)N2CCOCC2C)cc1. The molecule has 1 N–H and O–H groups in total. The topological polar surface area (TPSA) is 92.8 Å². The van der Waals surface area contributed by atoms with Crippen LogP contribution in [0, 0.1) is 0 Å². The molecule has 0 radical (unpaired) electrons. The highest BCUT2D eigenvalue weighted by Gasteiger charge is 2.31. The van der Waals surface area contributed by atoms with E-state index in [-0.39, 0.29) is 16.7 Å². The number of hydrogen-bond donors (Lipinski definition) is 1. The number of nitrogens with one attached hydrogen (secondary N) is 1. The van der Waals surface area contributed by atoms with E-state index in [2.05, 4.69) is 4.72 Å². The average Bonchev–Trinajstić information content (AvgIpc) is 2.48. The van der Waals surface area contributed by atoms with E-state index < -0.39 is 20.0 Å². The largest absolute Gasteiger partial charge is 0.378 e. The highest BCUT2D eigenvalue weighted by atomic mass is 32.2. The van der Waals surface area contributed by atoms with Gasteiger partial charge in [0.25, 0.3) is 0 Å². The minimum absolute atomic E-state index is 0.0433. The summed E-state index contributed by atoms with van der Waals surface area (Å²) in [4.78, 5) is 0.140. The van der Waals surface area contributed by atoms with Gasteiger partial charge >= 0.3 is 0 Å². The van der Waals surface area contributed by atoms with Crippen molar-refractivity contribution < 1.29 is 21.6 Å². The van der Waals surface area contributed by atoms with Crippen LogP contribution in [0.2, 0.25) is 0 Å². The maximum atomic E-state index is 12.6. The molecule has 1 heterocycles. The maximum absolute atomic E-state index is 12.6. The number of ether oxygens (including phenoxy) is 1. The predicted octanol–water partition coefficient (Wildman–Crippen LogP) is 0.858. The van der Waals surface area contributed by atoms with Crippen molar-refractivity contribution in [3.8, 4) is 0 Å². The van der Waals surface area contributed by atoms with Crippen LogP contribution < -0.4 is 4.72 Å². The summed E-state index contributed by atoms with van der Waals surface area (Å²) in [5.74, 6) is -0.0433. The van der Waals surface area contributed by atoms with Crippen molar-refractivity contribution in [3.05, 3.63) is 24.3 Å². The third kappa shape index (κ3) is 3.78. The Morgan fingerprint density at radius 2 is 1.86 bits per heavy atom. The third-order valence-corrected chi connectivity index (χ3v) is 6.76. The molecule has 0 aliphatic carbocycles. The standard InChI is InChI=1S/C13H20N2O5S2/c1-3-21(16,17)14-12-4-6-13(7-5-12)22(18,19)15-8-9-20-10-11(15)2/h4-7,11,14H,3,8-10H2,1-2H3. The zero-order chi connectivity index (χ0) is 16.4. The van der Waals surface area contributed by atoms with Crippen molar-refractivity contribution in [1.82, 2.24) is 4.31 Å². The molecule has 1 aliphatic rings. The Morgan fingerprint density at radius 1 is 1.23 bits per heavy atom. The second-order valence-electron chi connectivity index (χ2n) is 5.07. The van der Waals surface area contributed by atoms with Gasteiger partial charge in [-0.2, -0.15) is 4.31 Å². The maximum Gasteiger partial charge on any atom is 0.243 e. The van der Waals surface area contributed by atoms with E-state index in [1.165, 1.54) is 35.5 Å². The lowest BCUT2D eigenvalue weighted by atomic mass is 10.3. The van der Waals surface area contributed by atoms with Gasteiger partial charge in [0.2, 0.25) is 20.0 Å². The van der Waals surface area contributed by atoms with E-state index in [1.54, 1.807) is 6.92 Å². The van der Waals surface area contributed by atoms with Crippen LogP contribution in [0.25, 0.3) is 0 Å². The minimum atomic E-state index is -3.60. The van der Waals surface area contributed by atoms with Gasteiger partial charge in [-0.15, -0.1) is 0 Å². The number of benzene rings is 1. The summed E-state index contributed by atoms with van der Waals surface area (Å²) >= 11 is 0. The number of nitrogens with zero attached hydrogens (tertiary/aromatic N) is 1. The van der Waals surface area contributed by atoms with E-state index in [0.29, 0.717) is 25.4 Å². The van der Waals surface area contributed by atoms with Crippen LogP contribution in [-0.2, 0) is 24.8 Å². The van der Waals surface area contributed by atoms with Crippen LogP contribution in [0.4, 0.5) is 5.69 Å². The molecular formula is C13H20N2O5S2. The third-order valence-electron chi connectivity index (χ3n) is 3.42. The number of sulfonamides is 2. The van der Waals surface area contributed by atoms with Gasteiger partial charge in [-0.1, -0.05) is 0 Å². The second kappa shape index (κ2) is 6.53. The molecule has 0 bridgehead atoms. The van der Waals surface area contributed by atoms with Crippen LogP contribution in [-0.4, -0.2) is 52.7 Å². The van der Waals surface area contributed by atoms with Gasteiger partial charge in [0.15, 0.2) is 0 Å². The summed E-state index contributed by atoms with van der Waals surface area (Å²) in [5.41, 5.74) is 0.343. The van der Waals surface area contributed by atoms with Gasteiger partial charge < -0.3 is 4.74 Å². The lowest BCUT2D eigenvalue weighted by molar-refractivity contribution is 0.0393. The van der Waals surface area contributed by atoms with E-state index in [1.807, 2.05) is 0 Å². The zero-order valence-electron chi connectivity index (χ0n) is 12.5. The molecule has 7 nitrogen and oxygen atoms in total. The van der Waals surface area contributed by atoms with Crippen LogP contribution >= 0.6 is 0 Å². The Kier molecular flexibility index (Phi) is 5.10. The average molecular weight is 348 g/mol. The number of morpholine rings is 1. The molecule has 124 valence electrons. The predicted molar refractivity (Wildman–Crippen MR) is 83.7 cm³/mol. The Bertz CT molecular complexity index is 713. The molecule has 1 saturated heterocycles.